The molecule has 0 bridgehead atoms. The van der Waals surface area contributed by atoms with E-state index in [0.717, 1.165) is 11.1 Å². The zero-order valence-corrected chi connectivity index (χ0v) is 21.7. The van der Waals surface area contributed by atoms with Crippen molar-refractivity contribution in [3.8, 4) is 23.0 Å². The molecular formula is C30H27ClO7. The van der Waals surface area contributed by atoms with Crippen LogP contribution >= 0.6 is 11.6 Å². The van der Waals surface area contributed by atoms with Gasteiger partial charge >= 0.3 is 5.97 Å². The topological polar surface area (TPSA) is 91.3 Å². The summed E-state index contributed by atoms with van der Waals surface area (Å²) in [6.45, 7) is 0.761. The normalized spacial score (nSPS) is 9.97. The van der Waals surface area contributed by atoms with Crippen molar-refractivity contribution in [3.05, 3.63) is 119 Å². The number of hydrogen-bond acceptors (Lipinski definition) is 6. The summed E-state index contributed by atoms with van der Waals surface area (Å²) in [5.74, 6) is 1.01. The molecule has 4 aromatic rings. The number of rotatable bonds is 10. The molecule has 0 amide bonds. The van der Waals surface area contributed by atoms with E-state index < -0.39 is 11.2 Å². The molecule has 8 heteroatoms. The van der Waals surface area contributed by atoms with E-state index in [1.807, 2.05) is 60.7 Å². The van der Waals surface area contributed by atoms with Gasteiger partial charge in [0, 0.05) is 5.56 Å². The molecule has 0 aliphatic carbocycles. The maximum absolute atomic E-state index is 11.1. The van der Waals surface area contributed by atoms with Crippen LogP contribution in [-0.4, -0.2) is 30.5 Å². The minimum absolute atomic E-state index is 0.170. The van der Waals surface area contributed by atoms with Crippen molar-refractivity contribution in [2.45, 2.75) is 13.2 Å². The second kappa shape index (κ2) is 14.3. The van der Waals surface area contributed by atoms with E-state index in [1.165, 1.54) is 19.2 Å². The number of carboxylic acids is 1. The Morgan fingerprint density at radius 1 is 0.632 bits per heavy atom. The average Bonchev–Trinajstić information content (AvgIpc) is 2.96. The molecule has 0 saturated heterocycles. The molecule has 7 nitrogen and oxygen atoms in total. The fourth-order valence-electron chi connectivity index (χ4n) is 3.30. The molecule has 0 aromatic heterocycles. The maximum atomic E-state index is 11.1. The number of halogens is 1. The van der Waals surface area contributed by atoms with Crippen LogP contribution in [-0.2, 0) is 13.2 Å². The van der Waals surface area contributed by atoms with Gasteiger partial charge in [-0.05, 0) is 59.1 Å². The minimum atomic E-state index is -0.993. The Morgan fingerprint density at radius 3 is 1.45 bits per heavy atom. The zero-order chi connectivity index (χ0) is 27.3. The lowest BCUT2D eigenvalue weighted by Gasteiger charge is -2.11. The van der Waals surface area contributed by atoms with Gasteiger partial charge in [0.05, 0.1) is 19.8 Å². The van der Waals surface area contributed by atoms with Crippen LogP contribution in [0, 0.1) is 0 Å². The first-order valence-electron chi connectivity index (χ1n) is 11.5. The molecular weight excluding hydrogens is 508 g/mol. The Morgan fingerprint density at radius 2 is 1.05 bits per heavy atom. The highest BCUT2D eigenvalue weighted by Gasteiger charge is 2.11. The fraction of sp³-hybridized carbons (Fsp3) is 0.133. The van der Waals surface area contributed by atoms with Gasteiger partial charge in [-0.1, -0.05) is 60.7 Å². The number of hydrogen-bond donors (Lipinski definition) is 1. The van der Waals surface area contributed by atoms with Gasteiger partial charge in [0.2, 0.25) is 0 Å². The molecule has 0 aliphatic rings. The number of carboxylic acid groups (broad SMARTS) is 1. The van der Waals surface area contributed by atoms with Crippen molar-refractivity contribution in [1.29, 1.82) is 0 Å². The predicted molar refractivity (Wildman–Crippen MR) is 145 cm³/mol. The molecule has 0 unspecified atom stereocenters. The monoisotopic (exact) mass is 534 g/mol. The van der Waals surface area contributed by atoms with Crippen molar-refractivity contribution >= 4 is 22.8 Å². The Labute approximate surface area is 226 Å². The van der Waals surface area contributed by atoms with Crippen LogP contribution in [0.25, 0.3) is 0 Å². The molecule has 0 atom stereocenters. The summed E-state index contributed by atoms with van der Waals surface area (Å²) in [7, 11) is 3.07. The number of aromatic carboxylic acids is 1. The molecule has 4 aromatic carbocycles. The summed E-state index contributed by atoms with van der Waals surface area (Å²) in [5.41, 5.74) is 2.59. The van der Waals surface area contributed by atoms with Gasteiger partial charge in [0.1, 0.15) is 13.2 Å². The molecule has 196 valence electrons. The summed E-state index contributed by atoms with van der Waals surface area (Å²) >= 11 is 5.45. The molecule has 0 spiro atoms. The lowest BCUT2D eigenvalue weighted by molar-refractivity contribution is 0.0696. The molecule has 4 rings (SSSR count). The first kappa shape index (κ1) is 28.1. The molecule has 0 fully saturated rings. The van der Waals surface area contributed by atoms with Gasteiger partial charge < -0.3 is 24.1 Å². The summed E-state index contributed by atoms with van der Waals surface area (Å²) in [6.07, 6.45) is 0. The molecule has 0 radical (unpaired) electrons. The number of benzene rings is 4. The van der Waals surface area contributed by atoms with E-state index in [1.54, 1.807) is 31.4 Å². The summed E-state index contributed by atoms with van der Waals surface area (Å²) < 4.78 is 21.6. The lowest BCUT2D eigenvalue weighted by atomic mass is 10.2. The van der Waals surface area contributed by atoms with Crippen LogP contribution in [0.1, 0.15) is 31.8 Å². The van der Waals surface area contributed by atoms with Gasteiger partial charge in [-0.15, -0.1) is 0 Å². The third-order valence-corrected chi connectivity index (χ3v) is 5.49. The van der Waals surface area contributed by atoms with Crippen LogP contribution in [0.5, 0.6) is 23.0 Å². The Kier molecular flexibility index (Phi) is 10.6. The molecule has 1 N–H and O–H groups in total. The van der Waals surface area contributed by atoms with Gasteiger partial charge in [-0.25, -0.2) is 4.79 Å². The van der Waals surface area contributed by atoms with Crippen LogP contribution in [0.15, 0.2) is 97.1 Å². The Bertz CT molecular complexity index is 1240. The number of carbonyl (C=O) groups excluding carboxylic acids is 1. The van der Waals surface area contributed by atoms with Crippen molar-refractivity contribution < 1.29 is 33.6 Å². The second-order valence-electron chi connectivity index (χ2n) is 7.86. The third-order valence-electron chi connectivity index (χ3n) is 5.28. The zero-order valence-electron chi connectivity index (χ0n) is 20.9. The quantitative estimate of drug-likeness (QED) is 0.228. The largest absolute Gasteiger partial charge is 0.493 e. The summed E-state index contributed by atoms with van der Waals surface area (Å²) in [5, 5.41) is 8.44. The van der Waals surface area contributed by atoms with Gasteiger partial charge in [0.15, 0.2) is 23.0 Å². The fourth-order valence-corrected chi connectivity index (χ4v) is 3.42. The molecule has 0 aliphatic heterocycles. The van der Waals surface area contributed by atoms with Crippen LogP contribution in [0.4, 0.5) is 0 Å². The first-order chi connectivity index (χ1) is 18.4. The predicted octanol–water partition coefficient (Wildman–Crippen LogP) is 6.63. The van der Waals surface area contributed by atoms with Crippen LogP contribution < -0.4 is 18.9 Å². The Balaban J connectivity index is 0.000000211. The van der Waals surface area contributed by atoms with Crippen molar-refractivity contribution in [1.82, 2.24) is 0 Å². The third kappa shape index (κ3) is 8.28. The molecule has 38 heavy (non-hydrogen) atoms. The second-order valence-corrected chi connectivity index (χ2v) is 8.20. The van der Waals surface area contributed by atoms with E-state index in [9.17, 15) is 9.59 Å². The van der Waals surface area contributed by atoms with E-state index in [4.69, 9.17) is 35.7 Å². The molecule has 0 heterocycles. The minimum Gasteiger partial charge on any atom is -0.493 e. The summed E-state index contributed by atoms with van der Waals surface area (Å²) in [4.78, 5) is 22.1. The average molecular weight is 535 g/mol. The van der Waals surface area contributed by atoms with Gasteiger partial charge in [0.25, 0.3) is 5.24 Å². The maximum Gasteiger partial charge on any atom is 0.335 e. The highest BCUT2D eigenvalue weighted by molar-refractivity contribution is 6.67. The van der Waals surface area contributed by atoms with Crippen molar-refractivity contribution in [3.63, 3.8) is 0 Å². The Hall–Kier alpha value is -4.49. The van der Waals surface area contributed by atoms with Crippen LogP contribution in [0.3, 0.4) is 0 Å². The standard InChI is InChI=1S/C15H13ClO3.C15H14O4/c2*1-18-13-8-7-12(15(16)17)9-14(13)19-10-11-5-3-2-4-6-11/h2-9H,10H2,1H3;2-9H,10H2,1H3,(H,16,17). The van der Waals surface area contributed by atoms with Gasteiger partial charge in [-0.3, -0.25) is 4.79 Å². The lowest BCUT2D eigenvalue weighted by Crippen LogP contribution is -2.01. The number of ether oxygens (including phenoxy) is 4. The SMILES string of the molecule is COc1ccc(C(=O)Cl)cc1OCc1ccccc1.COc1ccc(C(=O)O)cc1OCc1ccccc1. The summed E-state index contributed by atoms with van der Waals surface area (Å²) in [6, 6.07) is 28.8. The van der Waals surface area contributed by atoms with E-state index in [0.29, 0.717) is 41.8 Å². The van der Waals surface area contributed by atoms with E-state index in [-0.39, 0.29) is 5.56 Å². The van der Waals surface area contributed by atoms with E-state index >= 15 is 0 Å². The number of methoxy groups -OCH3 is 2. The van der Waals surface area contributed by atoms with Crippen molar-refractivity contribution in [2.24, 2.45) is 0 Å². The smallest absolute Gasteiger partial charge is 0.335 e. The van der Waals surface area contributed by atoms with Gasteiger partial charge in [-0.2, -0.15) is 0 Å². The highest BCUT2D eigenvalue weighted by Crippen LogP contribution is 2.30. The molecule has 0 saturated carbocycles. The number of carbonyl (C=O) groups is 2. The highest BCUT2D eigenvalue weighted by atomic mass is 35.5. The first-order valence-corrected chi connectivity index (χ1v) is 11.9. The van der Waals surface area contributed by atoms with Crippen molar-refractivity contribution in [2.75, 3.05) is 14.2 Å². The van der Waals surface area contributed by atoms with E-state index in [2.05, 4.69) is 0 Å². The van der Waals surface area contributed by atoms with Crippen LogP contribution in [0.2, 0.25) is 0 Å².